The SMILES string of the molecule is CCC(c1c[nH]c2ccccc12)P(=O)(O)OC(C(=O)O)c1ccccc1. The molecular weight excluding hydrogens is 353 g/mol. The minimum Gasteiger partial charge on any atom is -0.479 e. The van der Waals surface area contributed by atoms with Crippen LogP contribution < -0.4 is 0 Å². The molecule has 0 amide bonds. The van der Waals surface area contributed by atoms with Crippen molar-refractivity contribution in [2.45, 2.75) is 25.1 Å². The van der Waals surface area contributed by atoms with Crippen molar-refractivity contribution in [2.24, 2.45) is 0 Å². The highest BCUT2D eigenvalue weighted by atomic mass is 31.2. The summed E-state index contributed by atoms with van der Waals surface area (Å²) in [4.78, 5) is 25.3. The number of carbonyl (C=O) groups is 1. The Morgan fingerprint density at radius 3 is 2.46 bits per heavy atom. The topological polar surface area (TPSA) is 99.6 Å². The highest BCUT2D eigenvalue weighted by molar-refractivity contribution is 7.53. The Labute approximate surface area is 151 Å². The molecule has 6 nitrogen and oxygen atoms in total. The maximum Gasteiger partial charge on any atom is 0.338 e. The molecule has 0 fully saturated rings. The van der Waals surface area contributed by atoms with E-state index in [4.69, 9.17) is 4.52 Å². The van der Waals surface area contributed by atoms with Crippen LogP contribution >= 0.6 is 7.60 Å². The van der Waals surface area contributed by atoms with Crippen molar-refractivity contribution in [1.29, 1.82) is 0 Å². The van der Waals surface area contributed by atoms with Gasteiger partial charge < -0.3 is 15.0 Å². The van der Waals surface area contributed by atoms with Gasteiger partial charge in [0.25, 0.3) is 0 Å². The number of H-pyrrole nitrogens is 1. The minimum absolute atomic E-state index is 0.322. The van der Waals surface area contributed by atoms with Crippen molar-refractivity contribution in [1.82, 2.24) is 4.98 Å². The van der Waals surface area contributed by atoms with Gasteiger partial charge in [-0.3, -0.25) is 9.09 Å². The van der Waals surface area contributed by atoms with Gasteiger partial charge in [0, 0.05) is 17.1 Å². The number of hydrogen-bond donors (Lipinski definition) is 3. The summed E-state index contributed by atoms with van der Waals surface area (Å²) in [6.45, 7) is 1.77. The maximum atomic E-state index is 13.0. The van der Waals surface area contributed by atoms with Gasteiger partial charge in [-0.25, -0.2) is 4.79 Å². The molecule has 2 aromatic carbocycles. The first-order chi connectivity index (χ1) is 12.4. The number of rotatable bonds is 7. The van der Waals surface area contributed by atoms with Gasteiger partial charge in [-0.2, -0.15) is 0 Å². The molecule has 26 heavy (non-hydrogen) atoms. The first kappa shape index (κ1) is 18.4. The van der Waals surface area contributed by atoms with Crippen molar-refractivity contribution in [3.05, 3.63) is 71.9 Å². The van der Waals surface area contributed by atoms with E-state index in [2.05, 4.69) is 4.98 Å². The van der Waals surface area contributed by atoms with Crippen LogP contribution in [0.5, 0.6) is 0 Å². The van der Waals surface area contributed by atoms with E-state index in [0.717, 1.165) is 10.9 Å². The molecule has 3 atom stereocenters. The van der Waals surface area contributed by atoms with E-state index in [9.17, 15) is 19.4 Å². The molecule has 3 N–H and O–H groups in total. The number of hydrogen-bond acceptors (Lipinski definition) is 3. The molecule has 0 saturated carbocycles. The van der Waals surface area contributed by atoms with E-state index >= 15 is 0 Å². The van der Waals surface area contributed by atoms with E-state index in [1.165, 1.54) is 0 Å². The Balaban J connectivity index is 1.96. The highest BCUT2D eigenvalue weighted by Gasteiger charge is 2.39. The van der Waals surface area contributed by atoms with Crippen molar-refractivity contribution in [2.75, 3.05) is 0 Å². The van der Waals surface area contributed by atoms with Crippen molar-refractivity contribution in [3.63, 3.8) is 0 Å². The van der Waals surface area contributed by atoms with Crippen molar-refractivity contribution >= 4 is 24.5 Å². The molecule has 0 radical (unpaired) electrons. The summed E-state index contributed by atoms with van der Waals surface area (Å²) in [6.07, 6.45) is 0.506. The van der Waals surface area contributed by atoms with Gasteiger partial charge in [0.15, 0.2) is 6.10 Å². The highest BCUT2D eigenvalue weighted by Crippen LogP contribution is 2.61. The molecule has 0 spiro atoms. The Morgan fingerprint density at radius 1 is 1.15 bits per heavy atom. The fraction of sp³-hybridized carbons (Fsp3) is 0.211. The summed E-state index contributed by atoms with van der Waals surface area (Å²) in [5.41, 5.74) is 0.984. The third-order valence-electron chi connectivity index (χ3n) is 4.34. The number of fused-ring (bicyclic) bond motifs is 1. The number of para-hydroxylation sites is 1. The summed E-state index contributed by atoms with van der Waals surface area (Å²) in [6, 6.07) is 15.6. The van der Waals surface area contributed by atoms with Gasteiger partial charge in [0.2, 0.25) is 0 Å². The fourth-order valence-corrected chi connectivity index (χ4v) is 4.78. The van der Waals surface area contributed by atoms with E-state index < -0.39 is 25.3 Å². The monoisotopic (exact) mass is 373 g/mol. The zero-order chi connectivity index (χ0) is 18.7. The normalized spacial score (nSPS) is 16.1. The third kappa shape index (κ3) is 3.58. The summed E-state index contributed by atoms with van der Waals surface area (Å²) in [5, 5.41) is 10.3. The van der Waals surface area contributed by atoms with Crippen LogP contribution in [0, 0.1) is 0 Å². The summed E-state index contributed by atoms with van der Waals surface area (Å²) < 4.78 is 18.3. The minimum atomic E-state index is -4.27. The standard InChI is InChI=1S/C19H20NO5P/c1-2-17(15-12-20-16-11-7-6-10-14(15)16)26(23,24)25-18(19(21)22)13-8-4-3-5-9-13/h3-12,17-18,20H,2H2,1H3,(H,21,22)(H,23,24). The Morgan fingerprint density at radius 2 is 1.81 bits per heavy atom. The molecule has 3 rings (SSSR count). The second-order valence-corrected chi connectivity index (χ2v) is 7.97. The smallest absolute Gasteiger partial charge is 0.338 e. The lowest BCUT2D eigenvalue weighted by Gasteiger charge is -2.24. The first-order valence-electron chi connectivity index (χ1n) is 8.28. The second-order valence-electron chi connectivity index (χ2n) is 6.01. The van der Waals surface area contributed by atoms with Gasteiger partial charge in [0.1, 0.15) is 0 Å². The molecule has 0 aliphatic heterocycles. The van der Waals surface area contributed by atoms with E-state index in [-0.39, 0.29) is 0 Å². The van der Waals surface area contributed by atoms with Crippen LogP contribution in [-0.4, -0.2) is 21.0 Å². The van der Waals surface area contributed by atoms with Gasteiger partial charge in [-0.05, 0) is 23.6 Å². The van der Waals surface area contributed by atoms with Crippen LogP contribution in [0.25, 0.3) is 10.9 Å². The lowest BCUT2D eigenvalue weighted by Crippen LogP contribution is -2.16. The van der Waals surface area contributed by atoms with Gasteiger partial charge in [-0.1, -0.05) is 55.5 Å². The lowest BCUT2D eigenvalue weighted by molar-refractivity contribution is -0.145. The molecule has 7 heteroatoms. The first-order valence-corrected chi connectivity index (χ1v) is 9.93. The van der Waals surface area contributed by atoms with E-state index in [1.54, 1.807) is 43.5 Å². The lowest BCUT2D eigenvalue weighted by atomic mass is 10.1. The Kier molecular flexibility index (Phi) is 5.28. The van der Waals surface area contributed by atoms with Crippen LogP contribution in [0.4, 0.5) is 0 Å². The van der Waals surface area contributed by atoms with Crippen LogP contribution in [0.1, 0.15) is 36.2 Å². The van der Waals surface area contributed by atoms with Crippen LogP contribution in [0.3, 0.4) is 0 Å². The number of aliphatic carboxylic acids is 1. The van der Waals surface area contributed by atoms with Crippen LogP contribution in [0.2, 0.25) is 0 Å². The Hall–Kier alpha value is -2.40. The summed E-state index contributed by atoms with van der Waals surface area (Å²) in [5.74, 6) is -1.31. The molecule has 136 valence electrons. The zero-order valence-electron chi connectivity index (χ0n) is 14.2. The number of carboxylic acids is 1. The summed E-state index contributed by atoms with van der Waals surface area (Å²) >= 11 is 0. The Bertz CT molecular complexity index is 953. The molecule has 0 aliphatic carbocycles. The zero-order valence-corrected chi connectivity index (χ0v) is 15.1. The van der Waals surface area contributed by atoms with E-state index in [1.807, 2.05) is 24.3 Å². The molecule has 3 aromatic rings. The number of benzene rings is 2. The second kappa shape index (κ2) is 7.46. The molecule has 0 aliphatic rings. The quantitative estimate of drug-likeness (QED) is 0.524. The predicted molar refractivity (Wildman–Crippen MR) is 99.1 cm³/mol. The van der Waals surface area contributed by atoms with Gasteiger partial charge in [-0.15, -0.1) is 0 Å². The van der Waals surface area contributed by atoms with Gasteiger partial charge >= 0.3 is 13.6 Å². The maximum absolute atomic E-state index is 13.0. The average Bonchev–Trinajstić information content (AvgIpc) is 3.05. The average molecular weight is 373 g/mol. The third-order valence-corrected chi connectivity index (χ3v) is 6.29. The summed E-state index contributed by atoms with van der Waals surface area (Å²) in [7, 11) is -4.27. The molecular formula is C19H20NO5P. The van der Waals surface area contributed by atoms with Gasteiger partial charge in [0.05, 0.1) is 5.66 Å². The molecule has 1 heterocycles. The molecule has 0 saturated heterocycles. The number of carboxylic acid groups (broad SMARTS) is 1. The molecule has 0 bridgehead atoms. The van der Waals surface area contributed by atoms with Crippen molar-refractivity contribution < 1.29 is 23.9 Å². The molecule has 3 unspecified atom stereocenters. The molecule has 1 aromatic heterocycles. The van der Waals surface area contributed by atoms with Crippen LogP contribution in [-0.2, 0) is 13.9 Å². The number of nitrogens with one attached hydrogen (secondary N) is 1. The van der Waals surface area contributed by atoms with E-state index in [0.29, 0.717) is 17.5 Å². The largest absolute Gasteiger partial charge is 0.479 e. The van der Waals surface area contributed by atoms with Crippen LogP contribution in [0.15, 0.2) is 60.8 Å². The number of aromatic nitrogens is 1. The van der Waals surface area contributed by atoms with Crippen molar-refractivity contribution in [3.8, 4) is 0 Å². The number of aromatic amines is 1. The predicted octanol–water partition coefficient (Wildman–Crippen LogP) is 4.65. The fourth-order valence-electron chi connectivity index (χ4n) is 3.10.